The number of nitrogens with zero attached hydrogens (tertiary/aromatic N) is 4. The number of hydrogen-bond acceptors (Lipinski definition) is 6. The zero-order valence-electron chi connectivity index (χ0n) is 27.6. The van der Waals surface area contributed by atoms with Gasteiger partial charge in [-0.15, -0.1) is 22.1 Å². The van der Waals surface area contributed by atoms with Crippen LogP contribution in [0.15, 0.2) is 24.3 Å². The van der Waals surface area contributed by atoms with E-state index in [2.05, 4.69) is 0 Å². The van der Waals surface area contributed by atoms with E-state index in [1.165, 1.54) is 0 Å². The summed E-state index contributed by atoms with van der Waals surface area (Å²) in [7, 11) is 0. The summed E-state index contributed by atoms with van der Waals surface area (Å²) in [6, 6.07) is 7.14. The van der Waals surface area contributed by atoms with Crippen LogP contribution in [0.2, 0.25) is 0 Å². The second kappa shape index (κ2) is 15.0. The molecule has 255 valence electrons. The fourth-order valence-corrected chi connectivity index (χ4v) is 6.26. The zero-order valence-corrected chi connectivity index (χ0v) is 28.7. The second-order valence-electron chi connectivity index (χ2n) is 12.1. The number of hydrogen-bond donors (Lipinski definition) is 4. The molecule has 0 amide bonds. The zero-order chi connectivity index (χ0) is 34.9. The Bertz CT molecular complexity index is 2100. The average Bonchev–Trinajstić information content (AvgIpc) is 3.66. The average molecular weight is 708 g/mol. The van der Waals surface area contributed by atoms with Crippen molar-refractivity contribution in [3.63, 3.8) is 0 Å². The third-order valence-electron chi connectivity index (χ3n) is 9.00. The van der Waals surface area contributed by atoms with Crippen LogP contribution in [0.1, 0.15) is 97.4 Å². The molecule has 2 aliphatic heterocycles. The van der Waals surface area contributed by atoms with Crippen molar-refractivity contribution >= 4 is 68.2 Å². The topological polar surface area (TPSA) is 203 Å². The molecule has 5 heterocycles. The van der Waals surface area contributed by atoms with Crippen LogP contribution in [-0.4, -0.2) is 54.3 Å². The minimum atomic E-state index is -0.962. The first-order chi connectivity index (χ1) is 22.7. The number of aryl methyl sites for hydroxylation is 4. The molecule has 4 N–H and O–H groups in total. The van der Waals surface area contributed by atoms with Gasteiger partial charge in [-0.2, -0.15) is 0 Å². The van der Waals surface area contributed by atoms with Crippen molar-refractivity contribution in [1.82, 2.24) is 19.9 Å². The summed E-state index contributed by atoms with van der Waals surface area (Å²) in [5, 5.41) is 37.9. The molecular weight excluding hydrogens is 671 g/mol. The number of carboxylic acids is 4. The van der Waals surface area contributed by atoms with E-state index in [9.17, 15) is 39.6 Å². The molecule has 5 rings (SSSR count). The molecule has 8 bridgehead atoms. The van der Waals surface area contributed by atoms with E-state index in [1.807, 2.05) is 33.8 Å². The van der Waals surface area contributed by atoms with Crippen LogP contribution in [0.25, 0.3) is 44.4 Å². The largest absolute Gasteiger partial charge is 2.00 e. The molecule has 2 aliphatic rings. The van der Waals surface area contributed by atoms with Crippen molar-refractivity contribution in [1.29, 1.82) is 0 Å². The Kier molecular flexibility index (Phi) is 11.3. The summed E-state index contributed by atoms with van der Waals surface area (Å²) >= 11 is 0. The van der Waals surface area contributed by atoms with Crippen LogP contribution in [0.4, 0.5) is 0 Å². The molecule has 3 aromatic heterocycles. The van der Waals surface area contributed by atoms with E-state index in [4.69, 9.17) is 19.9 Å². The Morgan fingerprint density at radius 1 is 0.510 bits per heavy atom. The van der Waals surface area contributed by atoms with E-state index in [0.717, 1.165) is 39.0 Å². The molecule has 12 nitrogen and oxygen atoms in total. The minimum absolute atomic E-state index is 0. The predicted octanol–water partition coefficient (Wildman–Crippen LogP) is 5.81. The first-order valence-corrected chi connectivity index (χ1v) is 15.6. The fraction of sp³-hybridized carbons (Fsp3) is 0.333. The van der Waals surface area contributed by atoms with E-state index >= 15 is 0 Å². The van der Waals surface area contributed by atoms with Gasteiger partial charge < -0.3 is 30.4 Å². The first kappa shape index (κ1) is 36.8. The molecule has 0 unspecified atom stereocenters. The number of aromatic nitrogens is 4. The first-order valence-electron chi connectivity index (χ1n) is 15.6. The number of allylic oxidation sites excluding steroid dienone is 4. The molecule has 0 aromatic carbocycles. The Hall–Kier alpha value is -5.00. The molecule has 0 fully saturated rings. The van der Waals surface area contributed by atoms with Gasteiger partial charge in [-0.25, -0.2) is 9.97 Å². The molecule has 0 saturated carbocycles. The van der Waals surface area contributed by atoms with E-state index in [0.29, 0.717) is 50.4 Å². The van der Waals surface area contributed by atoms with Gasteiger partial charge >= 0.3 is 40.9 Å². The van der Waals surface area contributed by atoms with Gasteiger partial charge in [-0.3, -0.25) is 19.2 Å². The van der Waals surface area contributed by atoms with Gasteiger partial charge in [0.05, 0.1) is 22.8 Å². The molecule has 0 atom stereocenters. The van der Waals surface area contributed by atoms with Gasteiger partial charge in [0.15, 0.2) is 0 Å². The quantitative estimate of drug-likeness (QED) is 0.165. The van der Waals surface area contributed by atoms with Crippen LogP contribution >= 0.6 is 0 Å². The summed E-state index contributed by atoms with van der Waals surface area (Å²) in [4.78, 5) is 65.9. The minimum Gasteiger partial charge on any atom is -0.657 e. The predicted molar refractivity (Wildman–Crippen MR) is 179 cm³/mol. The van der Waals surface area contributed by atoms with Crippen molar-refractivity contribution in [2.45, 2.75) is 79.1 Å². The standard InChI is InChI=1S/C36H38N4O8.Mn/c1-17-21(5-9-33(41)42)29-14-27-19(3)22(6-10-34(43)44)30(39-27)15-28-20(4)24(8-12-36(47)48)32(40-28)16-31-23(7-11-35(45)46)18(2)26(38-31)13-25(17)37-29;/h13-16H,5-12H2,1-4H3,(H6,37,38,39,40,41,42,43,44,45,46,47,48);/q;+2/p-2. The van der Waals surface area contributed by atoms with Crippen molar-refractivity contribution in [2.24, 2.45) is 0 Å². The monoisotopic (exact) mass is 707 g/mol. The van der Waals surface area contributed by atoms with Crippen molar-refractivity contribution in [3.05, 3.63) is 69.3 Å². The summed E-state index contributed by atoms with van der Waals surface area (Å²) in [5.41, 5.74) is 10.3. The number of carbonyl (C=O) groups is 4. The summed E-state index contributed by atoms with van der Waals surface area (Å²) in [6.45, 7) is 7.44. The SMILES string of the molecule is CC1=C(CCC(=O)O)c2cc3[n-]c(cc4nc(cc5[n-]c(cc1n2)c(CCC(=O)O)c5C)C(C)=C4CCC(=O)O)c(CCC(=O)O)c3C.[Mn+2]. The van der Waals surface area contributed by atoms with Crippen LogP contribution in [0.5, 0.6) is 0 Å². The number of aliphatic carboxylic acids is 4. The normalized spacial score (nSPS) is 12.7. The van der Waals surface area contributed by atoms with Gasteiger partial charge in [0, 0.05) is 25.7 Å². The number of carboxylic acid groups (broad SMARTS) is 4. The molecule has 1 radical (unpaired) electrons. The van der Waals surface area contributed by atoms with Crippen molar-refractivity contribution < 1.29 is 56.7 Å². The van der Waals surface area contributed by atoms with Crippen molar-refractivity contribution in [2.75, 3.05) is 0 Å². The van der Waals surface area contributed by atoms with Crippen molar-refractivity contribution in [3.8, 4) is 0 Å². The molecule has 0 aliphatic carbocycles. The van der Waals surface area contributed by atoms with Gasteiger partial charge in [0.1, 0.15) is 0 Å². The van der Waals surface area contributed by atoms with Gasteiger partial charge in [-0.1, -0.05) is 46.5 Å². The Balaban J connectivity index is 0.00000541. The van der Waals surface area contributed by atoms with Gasteiger partial charge in [-0.05, 0) is 75.7 Å². The maximum Gasteiger partial charge on any atom is 2.00 e. The van der Waals surface area contributed by atoms with Gasteiger partial charge in [0.2, 0.25) is 0 Å². The van der Waals surface area contributed by atoms with E-state index < -0.39 is 23.9 Å². The fourth-order valence-electron chi connectivity index (χ4n) is 6.26. The molecular formula is C36H36MnN4O8. The van der Waals surface area contributed by atoms with Crippen LogP contribution in [0, 0.1) is 13.8 Å². The summed E-state index contributed by atoms with van der Waals surface area (Å²) < 4.78 is 0. The Morgan fingerprint density at radius 3 is 1.18 bits per heavy atom. The van der Waals surface area contributed by atoms with Gasteiger partial charge in [0.25, 0.3) is 0 Å². The van der Waals surface area contributed by atoms with Crippen LogP contribution < -0.4 is 9.97 Å². The molecule has 3 aromatic rings. The molecule has 0 saturated heterocycles. The molecule has 0 spiro atoms. The Labute approximate surface area is 292 Å². The number of rotatable bonds is 12. The second-order valence-corrected chi connectivity index (χ2v) is 12.1. The smallest absolute Gasteiger partial charge is 0.657 e. The maximum absolute atomic E-state index is 11.6. The third-order valence-corrected chi connectivity index (χ3v) is 9.00. The summed E-state index contributed by atoms with van der Waals surface area (Å²) in [6.07, 6.45) is 0.367. The Morgan fingerprint density at radius 2 is 0.816 bits per heavy atom. The van der Waals surface area contributed by atoms with E-state index in [1.54, 1.807) is 18.2 Å². The summed E-state index contributed by atoms with van der Waals surface area (Å²) in [5.74, 6) is -3.83. The maximum atomic E-state index is 11.6. The number of fused-ring (bicyclic) bond motifs is 8. The third kappa shape index (κ3) is 8.01. The van der Waals surface area contributed by atoms with Crippen LogP contribution in [0.3, 0.4) is 0 Å². The van der Waals surface area contributed by atoms with Crippen LogP contribution in [-0.2, 0) is 49.1 Å². The molecule has 49 heavy (non-hydrogen) atoms. The van der Waals surface area contributed by atoms with E-state index in [-0.39, 0.29) is 68.4 Å². The molecule has 13 heteroatoms.